The van der Waals surface area contributed by atoms with E-state index in [0.29, 0.717) is 0 Å². The Balaban J connectivity index is -0.00000220. The summed E-state index contributed by atoms with van der Waals surface area (Å²) in [7, 11) is -12.1. The second kappa shape index (κ2) is 11.4. The molecule has 0 amide bonds. The Hall–Kier alpha value is 2.52. The average molecular weight is 336 g/mol. The molecule has 0 bridgehead atoms. The van der Waals surface area contributed by atoms with E-state index in [1.807, 2.05) is 0 Å². The summed E-state index contributed by atoms with van der Waals surface area (Å²) in [5.41, 5.74) is -14.7. The molecule has 6 nitrogen and oxygen atoms in total. The van der Waals surface area contributed by atoms with Gasteiger partial charge in [-0.15, -0.1) is 0 Å². The van der Waals surface area contributed by atoms with Gasteiger partial charge in [-0.2, -0.15) is 16.8 Å². The summed E-state index contributed by atoms with van der Waals surface area (Å²) in [5, 5.41) is 0. The maximum atomic E-state index is 10.8. The Morgan fingerprint density at radius 1 is 0.875 bits per heavy atom. The number of rotatable bonds is 7. The molecule has 0 spiro atoms. The molecule has 0 heterocycles. The van der Waals surface area contributed by atoms with Crippen LogP contribution >= 0.6 is 21.6 Å². The monoisotopic (exact) mass is 336 g/mol. The summed E-state index contributed by atoms with van der Waals surface area (Å²) in [6.07, 6.45) is 0. The van der Waals surface area contributed by atoms with Crippen molar-refractivity contribution in [3.8, 4) is 0 Å². The zero-order valence-electron chi connectivity index (χ0n) is 16.2. The Bertz CT molecular complexity index is 579. The maximum absolute atomic E-state index is 10.8. The standard InChI is InChI=1S/C4H10O6S4.2Na/c5-13(6,7)3-1-11-12-2-4-14(8,9)10;;/h1-4H2,(H,5,6,7)(H,8,9,10);;/i1D2,2D2,3D2,4D2;;. The van der Waals surface area contributed by atoms with Gasteiger partial charge in [0.15, 0.2) is 0 Å². The van der Waals surface area contributed by atoms with Gasteiger partial charge in [-0.3, -0.25) is 9.11 Å². The van der Waals surface area contributed by atoms with Crippen molar-refractivity contribution in [2.24, 2.45) is 0 Å². The van der Waals surface area contributed by atoms with Crippen molar-refractivity contribution in [2.45, 2.75) is 0 Å². The van der Waals surface area contributed by atoms with E-state index in [2.05, 4.69) is 0 Å². The van der Waals surface area contributed by atoms with Gasteiger partial charge in [0.25, 0.3) is 20.2 Å². The van der Waals surface area contributed by atoms with E-state index >= 15 is 0 Å². The van der Waals surface area contributed by atoms with Crippen LogP contribution in [0.25, 0.3) is 0 Å². The Morgan fingerprint density at radius 2 is 1.12 bits per heavy atom. The molecule has 88 valence electrons. The molecule has 0 unspecified atom stereocenters. The molecule has 0 aliphatic rings. The van der Waals surface area contributed by atoms with Crippen LogP contribution in [-0.2, 0) is 20.2 Å². The molecule has 12 heteroatoms. The molecular weight excluding hydrogens is 318 g/mol. The minimum Gasteiger partial charge on any atom is -0.286 e. The third kappa shape index (κ3) is 21.8. The summed E-state index contributed by atoms with van der Waals surface area (Å²) in [6, 6.07) is 0. The first-order chi connectivity index (χ1) is 9.21. The van der Waals surface area contributed by atoms with E-state index in [9.17, 15) is 16.8 Å². The molecule has 0 aromatic rings. The fourth-order valence-electron chi connectivity index (χ4n) is 0.181. The minimum atomic E-state index is -5.55. The molecule has 2 N–H and O–H groups in total. The van der Waals surface area contributed by atoms with Crippen LogP contribution in [0.4, 0.5) is 0 Å². The average Bonchev–Trinajstić information content (AvgIpc) is 2.23. The molecular formula is C4H10Na2O6S4. The summed E-state index contributed by atoms with van der Waals surface area (Å²) < 4.78 is 117. The smallest absolute Gasteiger partial charge is 0.265 e. The second-order valence-electron chi connectivity index (χ2n) is 1.53. The van der Waals surface area contributed by atoms with E-state index in [0.717, 1.165) is 0 Å². The van der Waals surface area contributed by atoms with Crippen molar-refractivity contribution in [1.82, 2.24) is 0 Å². The van der Waals surface area contributed by atoms with Gasteiger partial charge >= 0.3 is 0 Å². The Morgan fingerprint density at radius 3 is 1.31 bits per heavy atom. The number of hydrogen-bond donors (Lipinski definition) is 2. The van der Waals surface area contributed by atoms with Gasteiger partial charge in [-0.05, 0) is 0 Å². The fourth-order valence-corrected chi connectivity index (χ4v) is 2.24. The molecule has 16 heavy (non-hydrogen) atoms. The normalized spacial score (nSPS) is 22.4. The Kier molecular flexibility index (Phi) is 7.29. The second-order valence-corrected chi connectivity index (χ2v) is 5.58. The first-order valence-corrected chi connectivity index (χ1v) is 7.54. The van der Waals surface area contributed by atoms with Crippen LogP contribution < -0.4 is 0 Å². The third-order valence-corrected chi connectivity index (χ3v) is 2.65. The van der Waals surface area contributed by atoms with E-state index in [1.54, 1.807) is 0 Å². The molecule has 0 fully saturated rings. The molecule has 0 aromatic carbocycles. The SMILES string of the molecule is [2H]C([2H])(SSC([2H])([2H])C([2H])([2H])S(=O)(=O)O)C([2H])([2H])S(=O)(=O)O.[Na].[Na]. The molecule has 0 aromatic heterocycles. The first-order valence-electron chi connectivity index (χ1n) is 6.51. The zero-order chi connectivity index (χ0) is 18.4. The molecule has 0 rings (SSSR count). The van der Waals surface area contributed by atoms with Crippen molar-refractivity contribution in [1.29, 1.82) is 0 Å². The predicted molar refractivity (Wildman–Crippen MR) is 69.3 cm³/mol. The third-order valence-electron chi connectivity index (χ3n) is 0.466. The van der Waals surface area contributed by atoms with Gasteiger partial charge in [0.1, 0.15) is 0 Å². The van der Waals surface area contributed by atoms with E-state index in [4.69, 9.17) is 20.1 Å². The molecule has 0 saturated heterocycles. The minimum absolute atomic E-state index is 0. The van der Waals surface area contributed by atoms with Gasteiger partial charge in [0.2, 0.25) is 0 Å². The maximum Gasteiger partial charge on any atom is 0.265 e. The van der Waals surface area contributed by atoms with Crippen LogP contribution in [0.5, 0.6) is 0 Å². The van der Waals surface area contributed by atoms with Crippen molar-refractivity contribution < 1.29 is 36.9 Å². The summed E-state index contributed by atoms with van der Waals surface area (Å²) in [4.78, 5) is 0. The zero-order valence-corrected chi connectivity index (χ0v) is 15.4. The van der Waals surface area contributed by atoms with Crippen LogP contribution in [0.2, 0.25) is 0 Å². The van der Waals surface area contributed by atoms with Crippen LogP contribution in [0, 0.1) is 0 Å². The van der Waals surface area contributed by atoms with Gasteiger partial charge in [0, 0.05) is 81.5 Å². The molecule has 0 atom stereocenters. The summed E-state index contributed by atoms with van der Waals surface area (Å²) in [5.74, 6) is 0. The van der Waals surface area contributed by atoms with Crippen molar-refractivity contribution in [3.05, 3.63) is 0 Å². The van der Waals surface area contributed by atoms with Crippen molar-refractivity contribution in [3.63, 3.8) is 0 Å². The van der Waals surface area contributed by atoms with E-state index < -0.39 is 64.6 Å². The van der Waals surface area contributed by atoms with Crippen LogP contribution in [0.3, 0.4) is 0 Å². The number of hydrogen-bond acceptors (Lipinski definition) is 6. The molecule has 2 radical (unpaired) electrons. The molecule has 0 saturated carbocycles. The summed E-state index contributed by atoms with van der Waals surface area (Å²) >= 11 is 0. The first kappa shape index (κ1) is 10.3. The predicted octanol–water partition coefficient (Wildman–Crippen LogP) is -0.618. The van der Waals surface area contributed by atoms with Gasteiger partial charge in [0.05, 0.1) is 11.4 Å². The van der Waals surface area contributed by atoms with Crippen molar-refractivity contribution >= 4 is 101 Å². The fraction of sp³-hybridized carbons (Fsp3) is 1.00. The molecule has 0 aliphatic carbocycles. The van der Waals surface area contributed by atoms with Gasteiger partial charge in [-0.25, -0.2) is 0 Å². The van der Waals surface area contributed by atoms with Crippen LogP contribution in [0.15, 0.2) is 0 Å². The van der Waals surface area contributed by atoms with Crippen LogP contribution in [0.1, 0.15) is 11.0 Å². The van der Waals surface area contributed by atoms with Gasteiger partial charge < -0.3 is 0 Å². The van der Waals surface area contributed by atoms with Crippen LogP contribution in [-0.4, -0.2) is 108 Å². The summed E-state index contributed by atoms with van der Waals surface area (Å²) in [6.45, 7) is 0. The van der Waals surface area contributed by atoms with Crippen molar-refractivity contribution in [2.75, 3.05) is 22.8 Å². The molecule has 0 aliphatic heterocycles. The largest absolute Gasteiger partial charge is 0.286 e. The van der Waals surface area contributed by atoms with Gasteiger partial charge in [-0.1, -0.05) is 21.6 Å². The quantitative estimate of drug-likeness (QED) is 0.360. The van der Waals surface area contributed by atoms with E-state index in [1.165, 1.54) is 0 Å². The topological polar surface area (TPSA) is 109 Å². The Labute approximate surface area is 159 Å². The van der Waals surface area contributed by atoms with E-state index in [-0.39, 0.29) is 59.1 Å².